The summed E-state index contributed by atoms with van der Waals surface area (Å²) in [5.41, 5.74) is 4.80. The topological polar surface area (TPSA) is 67.1 Å². The second kappa shape index (κ2) is 5.68. The van der Waals surface area contributed by atoms with E-state index >= 15 is 0 Å². The predicted molar refractivity (Wildman–Crippen MR) is 70.8 cm³/mol. The fourth-order valence-corrected chi connectivity index (χ4v) is 1.42. The number of aryl methyl sites for hydroxylation is 1. The molecule has 0 heterocycles. The molecule has 0 saturated carbocycles. The normalized spacial score (nSPS) is 12.4. The third-order valence-electron chi connectivity index (χ3n) is 2.93. The van der Waals surface area contributed by atoms with Crippen LogP contribution < -0.4 is 16.6 Å². The lowest BCUT2D eigenvalue weighted by Gasteiger charge is -2.18. The first-order valence-electron chi connectivity index (χ1n) is 5.83. The molecular formula is C13H21N3O. The molecule has 1 aromatic carbocycles. The molecule has 0 aliphatic carbocycles. The van der Waals surface area contributed by atoms with Crippen LogP contribution in [0, 0.1) is 12.8 Å². The van der Waals surface area contributed by atoms with E-state index in [2.05, 4.69) is 24.6 Å². The van der Waals surface area contributed by atoms with E-state index in [0.717, 1.165) is 5.56 Å². The smallest absolute Gasteiger partial charge is 0.253 e. The number of anilines is 1. The molecule has 0 aromatic heterocycles. The summed E-state index contributed by atoms with van der Waals surface area (Å²) in [5, 5.41) is 2.96. The van der Waals surface area contributed by atoms with E-state index < -0.39 is 0 Å². The van der Waals surface area contributed by atoms with Crippen LogP contribution in [0.4, 0.5) is 5.69 Å². The number of benzene rings is 1. The second-order valence-corrected chi connectivity index (χ2v) is 4.70. The summed E-state index contributed by atoms with van der Waals surface area (Å²) in [7, 11) is 0. The van der Waals surface area contributed by atoms with Crippen molar-refractivity contribution in [3.63, 3.8) is 0 Å². The van der Waals surface area contributed by atoms with E-state index in [1.807, 2.05) is 32.0 Å². The average Bonchev–Trinajstić information content (AvgIpc) is 2.28. The maximum atomic E-state index is 12.1. The molecule has 0 fully saturated rings. The number of hydrazine groups is 1. The Morgan fingerprint density at radius 2 is 1.94 bits per heavy atom. The predicted octanol–water partition coefficient (Wildman–Crippen LogP) is 2.05. The number of hydrogen-bond donors (Lipinski definition) is 3. The Balaban J connectivity index is 2.91. The number of carbonyl (C=O) groups is 1. The van der Waals surface area contributed by atoms with Gasteiger partial charge in [0, 0.05) is 6.04 Å². The molecule has 1 rings (SSSR count). The van der Waals surface area contributed by atoms with Crippen LogP contribution in [0.15, 0.2) is 18.2 Å². The van der Waals surface area contributed by atoms with Gasteiger partial charge in [0.15, 0.2) is 0 Å². The summed E-state index contributed by atoms with van der Waals surface area (Å²) in [6.07, 6.45) is 0. The molecule has 0 aliphatic heterocycles. The Kier molecular flexibility index (Phi) is 4.52. The van der Waals surface area contributed by atoms with Gasteiger partial charge in [0.1, 0.15) is 0 Å². The van der Waals surface area contributed by atoms with Gasteiger partial charge < -0.3 is 10.7 Å². The zero-order valence-corrected chi connectivity index (χ0v) is 10.9. The number of nitrogen functional groups attached to an aromatic ring is 1. The van der Waals surface area contributed by atoms with Crippen molar-refractivity contribution < 1.29 is 4.79 Å². The molecule has 1 amide bonds. The van der Waals surface area contributed by atoms with Crippen LogP contribution in [0.2, 0.25) is 0 Å². The van der Waals surface area contributed by atoms with Gasteiger partial charge in [-0.25, -0.2) is 0 Å². The van der Waals surface area contributed by atoms with Crippen molar-refractivity contribution in [3.05, 3.63) is 29.3 Å². The molecule has 0 radical (unpaired) electrons. The van der Waals surface area contributed by atoms with Crippen LogP contribution in [0.3, 0.4) is 0 Å². The second-order valence-electron chi connectivity index (χ2n) is 4.70. The van der Waals surface area contributed by atoms with Crippen molar-refractivity contribution in [1.82, 2.24) is 5.32 Å². The number of carbonyl (C=O) groups excluding carboxylic acids is 1. The average molecular weight is 235 g/mol. The van der Waals surface area contributed by atoms with Crippen LogP contribution in [0.5, 0.6) is 0 Å². The first-order valence-corrected chi connectivity index (χ1v) is 5.83. The first kappa shape index (κ1) is 13.5. The molecule has 4 nitrogen and oxygen atoms in total. The largest absolute Gasteiger partial charge is 0.349 e. The third kappa shape index (κ3) is 3.46. The van der Waals surface area contributed by atoms with Gasteiger partial charge in [-0.05, 0) is 31.9 Å². The Bertz CT molecular complexity index is 402. The number of rotatable bonds is 4. The maximum Gasteiger partial charge on any atom is 0.253 e. The number of amides is 1. The van der Waals surface area contributed by atoms with Crippen molar-refractivity contribution in [3.8, 4) is 0 Å². The van der Waals surface area contributed by atoms with Gasteiger partial charge >= 0.3 is 0 Å². The molecule has 94 valence electrons. The van der Waals surface area contributed by atoms with Crippen molar-refractivity contribution in [2.24, 2.45) is 11.8 Å². The molecule has 1 unspecified atom stereocenters. The zero-order chi connectivity index (χ0) is 13.0. The molecule has 0 saturated heterocycles. The molecule has 1 atom stereocenters. The molecular weight excluding hydrogens is 214 g/mol. The summed E-state index contributed by atoms with van der Waals surface area (Å²) in [6.45, 7) is 8.09. The first-order chi connectivity index (χ1) is 7.95. The van der Waals surface area contributed by atoms with Crippen LogP contribution >= 0.6 is 0 Å². The molecule has 0 bridgehead atoms. The highest BCUT2D eigenvalue weighted by Crippen LogP contribution is 2.16. The molecule has 1 aromatic rings. The number of nitrogens with two attached hydrogens (primary N) is 1. The standard InChI is InChI=1S/C13H21N3O/c1-8(2)10(4)15-13(17)11-7-9(3)5-6-12(11)16-14/h5-8,10,16H,14H2,1-4H3,(H,15,17). The van der Waals surface area contributed by atoms with Crippen molar-refractivity contribution >= 4 is 11.6 Å². The molecule has 0 aliphatic rings. The van der Waals surface area contributed by atoms with E-state index in [9.17, 15) is 4.79 Å². The summed E-state index contributed by atoms with van der Waals surface area (Å²) in [4.78, 5) is 12.1. The third-order valence-corrected chi connectivity index (χ3v) is 2.93. The van der Waals surface area contributed by atoms with Crippen molar-refractivity contribution in [2.45, 2.75) is 33.7 Å². The van der Waals surface area contributed by atoms with E-state index in [1.54, 1.807) is 0 Å². The van der Waals surface area contributed by atoms with E-state index in [-0.39, 0.29) is 11.9 Å². The zero-order valence-electron chi connectivity index (χ0n) is 10.9. The van der Waals surface area contributed by atoms with Crippen molar-refractivity contribution in [2.75, 3.05) is 5.43 Å². The molecule has 4 N–H and O–H groups in total. The fourth-order valence-electron chi connectivity index (χ4n) is 1.42. The Labute approximate surface area is 103 Å². The van der Waals surface area contributed by atoms with E-state index in [1.165, 1.54) is 0 Å². The van der Waals surface area contributed by atoms with Crippen molar-refractivity contribution in [1.29, 1.82) is 0 Å². The van der Waals surface area contributed by atoms with Gasteiger partial charge in [-0.1, -0.05) is 25.5 Å². The summed E-state index contributed by atoms with van der Waals surface area (Å²) in [6, 6.07) is 5.69. The highest BCUT2D eigenvalue weighted by atomic mass is 16.1. The summed E-state index contributed by atoms with van der Waals surface area (Å²) < 4.78 is 0. The lowest BCUT2D eigenvalue weighted by atomic mass is 10.0. The van der Waals surface area contributed by atoms with Crippen LogP contribution in [0.25, 0.3) is 0 Å². The molecule has 0 spiro atoms. The van der Waals surface area contributed by atoms with Gasteiger partial charge in [0.2, 0.25) is 0 Å². The Hall–Kier alpha value is -1.55. The monoisotopic (exact) mass is 235 g/mol. The number of nitrogens with one attached hydrogen (secondary N) is 2. The van der Waals surface area contributed by atoms with Crippen LogP contribution in [0.1, 0.15) is 36.7 Å². The maximum absolute atomic E-state index is 12.1. The van der Waals surface area contributed by atoms with Gasteiger partial charge in [-0.3, -0.25) is 10.6 Å². The highest BCUT2D eigenvalue weighted by Gasteiger charge is 2.15. The minimum atomic E-state index is -0.0946. The molecule has 17 heavy (non-hydrogen) atoms. The van der Waals surface area contributed by atoms with E-state index in [0.29, 0.717) is 17.2 Å². The highest BCUT2D eigenvalue weighted by molar-refractivity contribution is 5.99. The van der Waals surface area contributed by atoms with Crippen LogP contribution in [-0.4, -0.2) is 11.9 Å². The molecule has 4 heteroatoms. The fraction of sp³-hybridized carbons (Fsp3) is 0.462. The summed E-state index contributed by atoms with van der Waals surface area (Å²) >= 11 is 0. The van der Waals surface area contributed by atoms with Crippen LogP contribution in [-0.2, 0) is 0 Å². The SMILES string of the molecule is Cc1ccc(NN)c(C(=O)NC(C)C(C)C)c1. The minimum Gasteiger partial charge on any atom is -0.349 e. The lowest BCUT2D eigenvalue weighted by molar-refractivity contribution is 0.0931. The van der Waals surface area contributed by atoms with Gasteiger partial charge in [0.05, 0.1) is 11.3 Å². The number of hydrogen-bond acceptors (Lipinski definition) is 3. The summed E-state index contributed by atoms with van der Waals surface area (Å²) in [5.74, 6) is 5.71. The van der Waals surface area contributed by atoms with Gasteiger partial charge in [-0.2, -0.15) is 0 Å². The Morgan fingerprint density at radius 3 is 2.47 bits per heavy atom. The Morgan fingerprint density at radius 1 is 1.29 bits per heavy atom. The lowest BCUT2D eigenvalue weighted by Crippen LogP contribution is -2.36. The van der Waals surface area contributed by atoms with Gasteiger partial charge in [0.25, 0.3) is 5.91 Å². The minimum absolute atomic E-state index is 0.0946. The van der Waals surface area contributed by atoms with E-state index in [4.69, 9.17) is 5.84 Å². The van der Waals surface area contributed by atoms with Gasteiger partial charge in [-0.15, -0.1) is 0 Å². The quantitative estimate of drug-likeness (QED) is 0.552.